The van der Waals surface area contributed by atoms with Crippen molar-refractivity contribution in [1.29, 1.82) is 0 Å². The molecule has 0 saturated heterocycles. The van der Waals surface area contributed by atoms with E-state index >= 15 is 0 Å². The van der Waals surface area contributed by atoms with E-state index in [0.29, 0.717) is 19.6 Å². The maximum absolute atomic E-state index is 9.74. The van der Waals surface area contributed by atoms with Gasteiger partial charge in [-0.1, -0.05) is 0 Å². The van der Waals surface area contributed by atoms with E-state index in [4.69, 9.17) is 10.5 Å². The van der Waals surface area contributed by atoms with Crippen LogP contribution in [0, 0.1) is 0 Å². The van der Waals surface area contributed by atoms with Gasteiger partial charge in [0, 0.05) is 12.5 Å². The minimum Gasteiger partial charge on any atom is -0.379 e. The molecular weight excluding hydrogens is 118 g/mol. The van der Waals surface area contributed by atoms with Crippen LogP contribution in [0.15, 0.2) is 0 Å². The lowest BCUT2D eigenvalue weighted by molar-refractivity contribution is -0.108. The molecule has 2 N–H and O–H groups in total. The number of hydrogen-bond acceptors (Lipinski definition) is 3. The van der Waals surface area contributed by atoms with Crippen LogP contribution in [0.1, 0.15) is 13.3 Å². The number of nitrogens with two attached hydrogens (primary N) is 1. The number of ether oxygens (including phenoxy) is 1. The van der Waals surface area contributed by atoms with Crippen molar-refractivity contribution in [3.05, 3.63) is 0 Å². The Balaban J connectivity index is 2.82. The van der Waals surface area contributed by atoms with Gasteiger partial charge in [0.15, 0.2) is 0 Å². The molecule has 0 aromatic carbocycles. The molecule has 0 amide bonds. The van der Waals surface area contributed by atoms with Crippen LogP contribution in [0.3, 0.4) is 0 Å². The van der Waals surface area contributed by atoms with Crippen molar-refractivity contribution in [2.45, 2.75) is 19.4 Å². The summed E-state index contributed by atoms with van der Waals surface area (Å²) in [6.45, 7) is 2.89. The minimum absolute atomic E-state index is 0.0663. The zero-order chi connectivity index (χ0) is 7.11. The lowest BCUT2D eigenvalue weighted by Gasteiger charge is -2.03. The summed E-state index contributed by atoms with van der Waals surface area (Å²) in [4.78, 5) is 9.74. The van der Waals surface area contributed by atoms with E-state index in [2.05, 4.69) is 0 Å². The number of aldehydes is 1. The van der Waals surface area contributed by atoms with Gasteiger partial charge in [0.1, 0.15) is 6.29 Å². The van der Waals surface area contributed by atoms with Gasteiger partial charge in [0.05, 0.1) is 13.2 Å². The quantitative estimate of drug-likeness (QED) is 0.420. The summed E-state index contributed by atoms with van der Waals surface area (Å²) < 4.78 is 4.98. The van der Waals surface area contributed by atoms with Crippen molar-refractivity contribution in [3.63, 3.8) is 0 Å². The summed E-state index contributed by atoms with van der Waals surface area (Å²) in [6.07, 6.45) is 1.30. The van der Waals surface area contributed by atoms with Crippen LogP contribution in [0.4, 0.5) is 0 Å². The first-order valence-electron chi connectivity index (χ1n) is 3.04. The second-order valence-corrected chi connectivity index (χ2v) is 2.01. The Kier molecular flexibility index (Phi) is 5.46. The highest BCUT2D eigenvalue weighted by Crippen LogP contribution is 1.80. The lowest BCUT2D eigenvalue weighted by atomic mass is 10.4. The summed E-state index contributed by atoms with van der Waals surface area (Å²) in [5.74, 6) is 0. The molecule has 0 aliphatic heterocycles. The normalized spacial score (nSPS) is 13.1. The topological polar surface area (TPSA) is 52.3 Å². The monoisotopic (exact) mass is 131 g/mol. The second-order valence-electron chi connectivity index (χ2n) is 2.01. The third-order valence-electron chi connectivity index (χ3n) is 0.761. The average molecular weight is 131 g/mol. The molecular formula is C6H13NO2. The summed E-state index contributed by atoms with van der Waals surface area (Å²) in [5, 5.41) is 0. The summed E-state index contributed by atoms with van der Waals surface area (Å²) in [5.41, 5.74) is 5.36. The molecule has 0 aliphatic rings. The third kappa shape index (κ3) is 7.59. The summed E-state index contributed by atoms with van der Waals surface area (Å²) >= 11 is 0. The van der Waals surface area contributed by atoms with E-state index in [0.717, 1.165) is 6.29 Å². The fourth-order valence-electron chi connectivity index (χ4n) is 0.401. The molecule has 0 saturated carbocycles. The largest absolute Gasteiger partial charge is 0.379 e. The highest BCUT2D eigenvalue weighted by molar-refractivity contribution is 5.49. The SMILES string of the molecule is CC(N)COCCC=O. The molecule has 0 radical (unpaired) electrons. The van der Waals surface area contributed by atoms with Crippen LogP contribution in [0.2, 0.25) is 0 Å². The Morgan fingerprint density at radius 2 is 2.44 bits per heavy atom. The van der Waals surface area contributed by atoms with Gasteiger partial charge in [-0.25, -0.2) is 0 Å². The highest BCUT2D eigenvalue weighted by Gasteiger charge is 1.91. The van der Waals surface area contributed by atoms with Crippen molar-refractivity contribution in [2.75, 3.05) is 13.2 Å². The Hall–Kier alpha value is -0.410. The van der Waals surface area contributed by atoms with Crippen LogP contribution in [0.5, 0.6) is 0 Å². The molecule has 0 rings (SSSR count). The average Bonchev–Trinajstić information content (AvgIpc) is 1.80. The van der Waals surface area contributed by atoms with E-state index in [-0.39, 0.29) is 6.04 Å². The zero-order valence-corrected chi connectivity index (χ0v) is 5.67. The molecule has 0 fully saturated rings. The molecule has 3 heteroatoms. The van der Waals surface area contributed by atoms with Crippen LogP contribution < -0.4 is 5.73 Å². The highest BCUT2D eigenvalue weighted by atomic mass is 16.5. The second kappa shape index (κ2) is 5.72. The Morgan fingerprint density at radius 1 is 1.78 bits per heavy atom. The first-order chi connectivity index (χ1) is 4.27. The lowest BCUT2D eigenvalue weighted by Crippen LogP contribution is -2.22. The van der Waals surface area contributed by atoms with Crippen molar-refractivity contribution >= 4 is 6.29 Å². The molecule has 3 nitrogen and oxygen atoms in total. The minimum atomic E-state index is 0.0663. The van der Waals surface area contributed by atoms with Crippen LogP contribution >= 0.6 is 0 Å². The van der Waals surface area contributed by atoms with E-state index in [9.17, 15) is 4.79 Å². The molecule has 1 atom stereocenters. The van der Waals surface area contributed by atoms with Crippen LogP contribution in [-0.4, -0.2) is 25.5 Å². The molecule has 0 bridgehead atoms. The first kappa shape index (κ1) is 8.59. The molecule has 0 aliphatic carbocycles. The predicted molar refractivity (Wildman–Crippen MR) is 35.1 cm³/mol. The van der Waals surface area contributed by atoms with E-state index in [1.54, 1.807) is 0 Å². The fourth-order valence-corrected chi connectivity index (χ4v) is 0.401. The summed E-state index contributed by atoms with van der Waals surface area (Å²) in [7, 11) is 0. The Morgan fingerprint density at radius 3 is 2.89 bits per heavy atom. The Labute approximate surface area is 55.2 Å². The van der Waals surface area contributed by atoms with Gasteiger partial charge in [-0.15, -0.1) is 0 Å². The number of carbonyl (C=O) groups excluding carboxylic acids is 1. The molecule has 0 aromatic rings. The van der Waals surface area contributed by atoms with Crippen molar-refractivity contribution in [3.8, 4) is 0 Å². The Bertz CT molecular complexity index is 73.5. The van der Waals surface area contributed by atoms with Gasteiger partial charge in [-0.3, -0.25) is 0 Å². The number of rotatable bonds is 5. The predicted octanol–water partition coefficient (Wildman–Crippen LogP) is -0.0608. The smallest absolute Gasteiger partial charge is 0.122 e. The van der Waals surface area contributed by atoms with E-state index in [1.165, 1.54) is 0 Å². The molecule has 0 heterocycles. The van der Waals surface area contributed by atoms with Gasteiger partial charge in [-0.2, -0.15) is 0 Å². The molecule has 0 spiro atoms. The van der Waals surface area contributed by atoms with E-state index in [1.807, 2.05) is 6.92 Å². The molecule has 54 valence electrons. The standard InChI is InChI=1S/C6H13NO2/c1-6(7)5-9-4-2-3-8/h3,6H,2,4-5,7H2,1H3. The summed E-state index contributed by atoms with van der Waals surface area (Å²) in [6, 6.07) is 0.0663. The number of carbonyl (C=O) groups is 1. The van der Waals surface area contributed by atoms with Gasteiger partial charge in [0.2, 0.25) is 0 Å². The molecule has 9 heavy (non-hydrogen) atoms. The van der Waals surface area contributed by atoms with Gasteiger partial charge < -0.3 is 15.3 Å². The van der Waals surface area contributed by atoms with Crippen molar-refractivity contribution < 1.29 is 9.53 Å². The zero-order valence-electron chi connectivity index (χ0n) is 5.67. The fraction of sp³-hybridized carbons (Fsp3) is 0.833. The van der Waals surface area contributed by atoms with Crippen LogP contribution in [-0.2, 0) is 9.53 Å². The van der Waals surface area contributed by atoms with Crippen molar-refractivity contribution in [2.24, 2.45) is 5.73 Å². The van der Waals surface area contributed by atoms with Gasteiger partial charge in [-0.05, 0) is 6.92 Å². The maximum Gasteiger partial charge on any atom is 0.122 e. The molecule has 1 unspecified atom stereocenters. The van der Waals surface area contributed by atoms with E-state index < -0.39 is 0 Å². The van der Waals surface area contributed by atoms with Crippen LogP contribution in [0.25, 0.3) is 0 Å². The number of hydrogen-bond donors (Lipinski definition) is 1. The van der Waals surface area contributed by atoms with Gasteiger partial charge >= 0.3 is 0 Å². The van der Waals surface area contributed by atoms with Crippen molar-refractivity contribution in [1.82, 2.24) is 0 Å². The third-order valence-corrected chi connectivity index (χ3v) is 0.761. The van der Waals surface area contributed by atoms with Gasteiger partial charge in [0.25, 0.3) is 0 Å². The molecule has 0 aromatic heterocycles. The first-order valence-corrected chi connectivity index (χ1v) is 3.04. The maximum atomic E-state index is 9.74.